The lowest BCUT2D eigenvalue weighted by Gasteiger charge is -2.17. The van der Waals surface area contributed by atoms with Crippen LogP contribution in [0.25, 0.3) is 0 Å². The molecule has 0 unspecified atom stereocenters. The molecule has 1 saturated carbocycles. The summed E-state index contributed by atoms with van der Waals surface area (Å²) in [4.78, 5) is 0. The molecule has 0 heterocycles. The molecule has 1 aromatic carbocycles. The SMILES string of the molecule is CC(C)NCc1cc(Cl)cc(Cl)c1OCC1CCCC1. The van der Waals surface area contributed by atoms with Gasteiger partial charge in [-0.05, 0) is 30.9 Å². The summed E-state index contributed by atoms with van der Waals surface area (Å²) in [6.07, 6.45) is 5.18. The fourth-order valence-corrected chi connectivity index (χ4v) is 3.19. The normalized spacial score (nSPS) is 16.1. The predicted molar refractivity (Wildman–Crippen MR) is 85.9 cm³/mol. The summed E-state index contributed by atoms with van der Waals surface area (Å²) in [5, 5.41) is 4.65. The van der Waals surface area contributed by atoms with Crippen molar-refractivity contribution in [3.05, 3.63) is 27.7 Å². The quantitative estimate of drug-likeness (QED) is 0.792. The van der Waals surface area contributed by atoms with Gasteiger partial charge < -0.3 is 10.1 Å². The molecule has 0 saturated heterocycles. The second-order valence-electron chi connectivity index (χ2n) is 5.87. The highest BCUT2D eigenvalue weighted by molar-refractivity contribution is 6.35. The standard InChI is InChI=1S/C16H23Cl2NO/c1-11(2)19-9-13-7-14(17)8-15(18)16(13)20-10-12-5-3-4-6-12/h7-8,11-12,19H,3-6,9-10H2,1-2H3. The summed E-state index contributed by atoms with van der Waals surface area (Å²) in [5.74, 6) is 1.46. The van der Waals surface area contributed by atoms with Crippen molar-refractivity contribution in [3.63, 3.8) is 0 Å². The van der Waals surface area contributed by atoms with Crippen LogP contribution < -0.4 is 10.1 Å². The Bertz CT molecular complexity index is 442. The fourth-order valence-electron chi connectivity index (χ4n) is 2.60. The first-order chi connectivity index (χ1) is 9.56. The monoisotopic (exact) mass is 315 g/mol. The molecule has 0 atom stereocenters. The summed E-state index contributed by atoms with van der Waals surface area (Å²) >= 11 is 12.4. The van der Waals surface area contributed by atoms with Crippen LogP contribution in [-0.2, 0) is 6.54 Å². The highest BCUT2D eigenvalue weighted by Crippen LogP contribution is 2.34. The second-order valence-corrected chi connectivity index (χ2v) is 6.72. The van der Waals surface area contributed by atoms with E-state index in [9.17, 15) is 0 Å². The average Bonchev–Trinajstić information content (AvgIpc) is 2.88. The van der Waals surface area contributed by atoms with Crippen molar-refractivity contribution in [1.82, 2.24) is 5.32 Å². The molecule has 0 aromatic heterocycles. The Labute approximate surface area is 131 Å². The number of halogens is 2. The maximum atomic E-state index is 6.30. The molecule has 4 heteroatoms. The number of benzene rings is 1. The first-order valence-electron chi connectivity index (χ1n) is 7.40. The van der Waals surface area contributed by atoms with Crippen LogP contribution >= 0.6 is 23.2 Å². The smallest absolute Gasteiger partial charge is 0.142 e. The molecule has 1 N–H and O–H groups in total. The third-order valence-electron chi connectivity index (χ3n) is 3.72. The van der Waals surface area contributed by atoms with E-state index in [2.05, 4.69) is 19.2 Å². The Morgan fingerprint density at radius 1 is 1.25 bits per heavy atom. The van der Waals surface area contributed by atoms with Gasteiger partial charge in [0.25, 0.3) is 0 Å². The van der Waals surface area contributed by atoms with Crippen molar-refractivity contribution in [2.75, 3.05) is 6.61 Å². The van der Waals surface area contributed by atoms with Crippen LogP contribution in [0.5, 0.6) is 5.75 Å². The number of hydrogen-bond acceptors (Lipinski definition) is 2. The number of ether oxygens (including phenoxy) is 1. The fraction of sp³-hybridized carbons (Fsp3) is 0.625. The van der Waals surface area contributed by atoms with Crippen molar-refractivity contribution in [1.29, 1.82) is 0 Å². The van der Waals surface area contributed by atoms with Crippen molar-refractivity contribution in [2.45, 2.75) is 52.1 Å². The van der Waals surface area contributed by atoms with Gasteiger partial charge in [0.05, 0.1) is 11.6 Å². The van der Waals surface area contributed by atoms with Crippen LogP contribution in [0.3, 0.4) is 0 Å². The van der Waals surface area contributed by atoms with Crippen molar-refractivity contribution in [2.24, 2.45) is 5.92 Å². The zero-order valence-electron chi connectivity index (χ0n) is 12.2. The molecular weight excluding hydrogens is 293 g/mol. The van der Waals surface area contributed by atoms with E-state index in [0.29, 0.717) is 22.0 Å². The molecule has 2 nitrogen and oxygen atoms in total. The minimum atomic E-state index is 0.412. The predicted octanol–water partition coefficient (Wildman–Crippen LogP) is 5.06. The van der Waals surface area contributed by atoms with E-state index in [1.54, 1.807) is 6.07 Å². The summed E-state index contributed by atoms with van der Waals surface area (Å²) in [7, 11) is 0. The van der Waals surface area contributed by atoms with Gasteiger partial charge in [0.15, 0.2) is 0 Å². The molecule has 1 fully saturated rings. The van der Waals surface area contributed by atoms with E-state index in [-0.39, 0.29) is 0 Å². The highest BCUT2D eigenvalue weighted by Gasteiger charge is 2.18. The van der Waals surface area contributed by atoms with Gasteiger partial charge in [0.1, 0.15) is 5.75 Å². The molecule has 112 valence electrons. The minimum Gasteiger partial charge on any atom is -0.491 e. The summed E-state index contributed by atoms with van der Waals surface area (Å²) in [6, 6.07) is 4.11. The molecular formula is C16H23Cl2NO. The summed E-state index contributed by atoms with van der Waals surface area (Å²) in [5.41, 5.74) is 1.04. The van der Waals surface area contributed by atoms with E-state index in [1.807, 2.05) is 6.07 Å². The lowest BCUT2D eigenvalue weighted by Crippen LogP contribution is -2.22. The molecule has 2 rings (SSSR count). The van der Waals surface area contributed by atoms with Crippen molar-refractivity contribution in [3.8, 4) is 5.75 Å². The number of hydrogen-bond donors (Lipinski definition) is 1. The second kappa shape index (κ2) is 7.53. The van der Waals surface area contributed by atoms with E-state index in [1.165, 1.54) is 25.7 Å². The summed E-state index contributed by atoms with van der Waals surface area (Å²) in [6.45, 7) is 5.71. The number of nitrogens with one attached hydrogen (secondary N) is 1. The van der Waals surface area contributed by atoms with Crippen LogP contribution in [0.15, 0.2) is 12.1 Å². The third-order valence-corrected chi connectivity index (χ3v) is 4.22. The first kappa shape index (κ1) is 15.9. The topological polar surface area (TPSA) is 21.3 Å². The highest BCUT2D eigenvalue weighted by atomic mass is 35.5. The molecule has 20 heavy (non-hydrogen) atoms. The molecule has 0 radical (unpaired) electrons. The lowest BCUT2D eigenvalue weighted by molar-refractivity contribution is 0.249. The van der Waals surface area contributed by atoms with Gasteiger partial charge in [-0.2, -0.15) is 0 Å². The zero-order valence-corrected chi connectivity index (χ0v) is 13.7. The Kier molecular flexibility index (Phi) is 6.01. The summed E-state index contributed by atoms with van der Waals surface area (Å²) < 4.78 is 6.01. The van der Waals surface area contributed by atoms with E-state index >= 15 is 0 Å². The van der Waals surface area contributed by atoms with Gasteiger partial charge in [-0.25, -0.2) is 0 Å². The average molecular weight is 316 g/mol. The first-order valence-corrected chi connectivity index (χ1v) is 8.16. The maximum absolute atomic E-state index is 6.30. The van der Waals surface area contributed by atoms with Gasteiger partial charge in [-0.1, -0.05) is 49.9 Å². The largest absolute Gasteiger partial charge is 0.491 e. The van der Waals surface area contributed by atoms with Gasteiger partial charge in [0.2, 0.25) is 0 Å². The van der Waals surface area contributed by atoms with Crippen LogP contribution in [0.4, 0.5) is 0 Å². The van der Waals surface area contributed by atoms with Gasteiger partial charge in [0, 0.05) is 23.2 Å². The van der Waals surface area contributed by atoms with Gasteiger partial charge in [-0.3, -0.25) is 0 Å². The van der Waals surface area contributed by atoms with E-state index in [0.717, 1.165) is 24.5 Å². The van der Waals surface area contributed by atoms with Crippen molar-refractivity contribution >= 4 is 23.2 Å². The molecule has 1 aliphatic rings. The van der Waals surface area contributed by atoms with Crippen LogP contribution in [0.1, 0.15) is 45.1 Å². The molecule has 0 bridgehead atoms. The third kappa shape index (κ3) is 4.54. The van der Waals surface area contributed by atoms with Crippen LogP contribution in [-0.4, -0.2) is 12.6 Å². The van der Waals surface area contributed by atoms with Crippen molar-refractivity contribution < 1.29 is 4.74 Å². The van der Waals surface area contributed by atoms with Gasteiger partial charge in [-0.15, -0.1) is 0 Å². The lowest BCUT2D eigenvalue weighted by atomic mass is 10.1. The molecule has 0 spiro atoms. The van der Waals surface area contributed by atoms with Gasteiger partial charge >= 0.3 is 0 Å². The molecule has 1 aliphatic carbocycles. The van der Waals surface area contributed by atoms with Crippen LogP contribution in [0.2, 0.25) is 10.0 Å². The molecule has 0 amide bonds. The Balaban J connectivity index is 2.07. The zero-order chi connectivity index (χ0) is 14.5. The molecule has 1 aromatic rings. The van der Waals surface area contributed by atoms with Crippen LogP contribution in [0, 0.1) is 5.92 Å². The Morgan fingerprint density at radius 3 is 2.60 bits per heavy atom. The maximum Gasteiger partial charge on any atom is 0.142 e. The van der Waals surface area contributed by atoms with E-state index in [4.69, 9.17) is 27.9 Å². The van der Waals surface area contributed by atoms with E-state index < -0.39 is 0 Å². The minimum absolute atomic E-state index is 0.412. The number of rotatable bonds is 6. The molecule has 0 aliphatic heterocycles. The Morgan fingerprint density at radius 2 is 1.95 bits per heavy atom. The Hall–Kier alpha value is -0.440.